The number of alkyl halides is 3. The summed E-state index contributed by atoms with van der Waals surface area (Å²) in [5.74, 6) is 0.131. The predicted molar refractivity (Wildman–Crippen MR) is 114 cm³/mol. The molecule has 1 saturated heterocycles. The van der Waals surface area contributed by atoms with Crippen LogP contribution < -0.4 is 0 Å². The van der Waals surface area contributed by atoms with Crippen LogP contribution in [0.4, 0.5) is 13.2 Å². The fraction of sp³-hybridized carbons (Fsp3) is 0.500. The van der Waals surface area contributed by atoms with Crippen LogP contribution in [0.3, 0.4) is 0 Å². The van der Waals surface area contributed by atoms with Crippen LogP contribution in [0.15, 0.2) is 46.3 Å². The second kappa shape index (κ2) is 8.06. The van der Waals surface area contributed by atoms with E-state index in [1.165, 1.54) is 19.2 Å². The van der Waals surface area contributed by atoms with Gasteiger partial charge in [-0.2, -0.15) is 13.2 Å². The Balaban J connectivity index is 1.70. The minimum Gasteiger partial charge on any atom is -0.372 e. The van der Waals surface area contributed by atoms with Gasteiger partial charge in [-0.1, -0.05) is 6.07 Å². The van der Waals surface area contributed by atoms with Crippen molar-refractivity contribution >= 4 is 19.7 Å². The Bertz CT molecular complexity index is 1290. The van der Waals surface area contributed by atoms with E-state index in [0.717, 1.165) is 36.8 Å². The number of benzene rings is 1. The van der Waals surface area contributed by atoms with Crippen LogP contribution in [0.25, 0.3) is 0 Å². The molecule has 0 spiro atoms. The second-order valence-electron chi connectivity index (χ2n) is 8.98. The molecule has 1 aromatic heterocycles. The summed E-state index contributed by atoms with van der Waals surface area (Å²) in [5.41, 5.74) is 0.198. The molecule has 2 aliphatic rings. The molecule has 1 aliphatic carbocycles. The minimum absolute atomic E-state index is 0.00345. The van der Waals surface area contributed by atoms with E-state index < -0.39 is 42.3 Å². The van der Waals surface area contributed by atoms with Crippen molar-refractivity contribution in [1.29, 1.82) is 0 Å². The van der Waals surface area contributed by atoms with Crippen LogP contribution in [0.2, 0.25) is 0 Å². The van der Waals surface area contributed by atoms with Crippen molar-refractivity contribution in [2.45, 2.75) is 65.3 Å². The summed E-state index contributed by atoms with van der Waals surface area (Å²) in [5, 5.41) is 0. The molecule has 2 aromatic rings. The van der Waals surface area contributed by atoms with Crippen molar-refractivity contribution in [2.75, 3.05) is 12.9 Å². The Morgan fingerprint density at radius 1 is 1.09 bits per heavy atom. The molecule has 2 heterocycles. The van der Waals surface area contributed by atoms with Crippen molar-refractivity contribution < 1.29 is 34.7 Å². The summed E-state index contributed by atoms with van der Waals surface area (Å²) in [6.45, 7) is 1.60. The van der Waals surface area contributed by atoms with E-state index in [-0.39, 0.29) is 35.2 Å². The third kappa shape index (κ3) is 4.67. The lowest BCUT2D eigenvalue weighted by Gasteiger charge is -2.38. The number of pyridine rings is 1. The lowest BCUT2D eigenvalue weighted by atomic mass is 9.92. The molecule has 2 unspecified atom stereocenters. The third-order valence-corrected chi connectivity index (χ3v) is 9.98. The zero-order valence-electron chi connectivity index (χ0n) is 18.1. The van der Waals surface area contributed by atoms with Crippen molar-refractivity contribution in [3.63, 3.8) is 0 Å². The van der Waals surface area contributed by atoms with Crippen molar-refractivity contribution in [3.05, 3.63) is 53.3 Å². The van der Waals surface area contributed by atoms with E-state index in [4.69, 9.17) is 4.74 Å². The van der Waals surface area contributed by atoms with Gasteiger partial charge in [0.1, 0.15) is 6.10 Å². The molecule has 180 valence electrons. The van der Waals surface area contributed by atoms with E-state index >= 15 is 0 Å². The first-order valence-electron chi connectivity index (χ1n) is 10.5. The van der Waals surface area contributed by atoms with Crippen molar-refractivity contribution in [1.82, 2.24) is 4.98 Å². The van der Waals surface area contributed by atoms with Gasteiger partial charge in [0.05, 0.1) is 25.8 Å². The number of ether oxygens (including phenoxy) is 1. The van der Waals surface area contributed by atoms with Gasteiger partial charge in [0.25, 0.3) is 0 Å². The fourth-order valence-electron chi connectivity index (χ4n) is 4.18. The third-order valence-electron chi connectivity index (χ3n) is 6.36. The maximum absolute atomic E-state index is 13.5. The van der Waals surface area contributed by atoms with E-state index in [1.54, 1.807) is 6.07 Å². The molecular formula is C22H24F3NO5S2. The predicted octanol–water partition coefficient (Wildman–Crippen LogP) is 4.47. The summed E-state index contributed by atoms with van der Waals surface area (Å²) in [6, 6.07) is 5.34. The van der Waals surface area contributed by atoms with Gasteiger partial charge in [0.15, 0.2) is 19.7 Å². The number of halogens is 3. The number of hydrogen-bond donors (Lipinski definition) is 0. The minimum atomic E-state index is -4.66. The van der Waals surface area contributed by atoms with E-state index in [2.05, 4.69) is 4.98 Å². The molecule has 0 radical (unpaired) electrons. The van der Waals surface area contributed by atoms with Gasteiger partial charge in [-0.15, -0.1) is 0 Å². The summed E-state index contributed by atoms with van der Waals surface area (Å²) >= 11 is 0. The Labute approximate surface area is 191 Å². The Hall–Kier alpha value is -1.98. The molecule has 4 rings (SSSR count). The van der Waals surface area contributed by atoms with Gasteiger partial charge < -0.3 is 4.74 Å². The van der Waals surface area contributed by atoms with Crippen LogP contribution in [0.5, 0.6) is 0 Å². The Kier molecular flexibility index (Phi) is 5.90. The zero-order chi connectivity index (χ0) is 24.2. The maximum Gasteiger partial charge on any atom is 0.416 e. The van der Waals surface area contributed by atoms with Crippen LogP contribution in [0.1, 0.15) is 61.4 Å². The number of rotatable bonds is 5. The first kappa shape index (κ1) is 24.2. The van der Waals surface area contributed by atoms with E-state index in [0.29, 0.717) is 11.8 Å². The van der Waals surface area contributed by atoms with Gasteiger partial charge in [-0.3, -0.25) is 4.98 Å². The normalized spacial score (nSPS) is 24.6. The van der Waals surface area contributed by atoms with Gasteiger partial charge in [-0.05, 0) is 68.4 Å². The molecule has 1 aromatic carbocycles. The molecule has 1 aliphatic heterocycles. The largest absolute Gasteiger partial charge is 0.416 e. The Morgan fingerprint density at radius 3 is 2.39 bits per heavy atom. The van der Waals surface area contributed by atoms with Crippen molar-refractivity contribution in [2.24, 2.45) is 0 Å². The molecule has 6 nitrogen and oxygen atoms in total. The van der Waals surface area contributed by atoms with Gasteiger partial charge in [-0.25, -0.2) is 16.8 Å². The summed E-state index contributed by atoms with van der Waals surface area (Å²) < 4.78 is 94.8. The molecule has 1 saturated carbocycles. The van der Waals surface area contributed by atoms with Gasteiger partial charge in [0, 0.05) is 19.1 Å². The topological polar surface area (TPSA) is 90.4 Å². The standard InChI is InChI=1S/C22H24F3NO5S2/c1-21(33(29,30)16-5-3-4-15(10-16)22(23,24)25)8-9-31-19(12-21)20-18(14-6-7-14)11-17(13-26-20)32(2,27)28/h3-5,10-11,13-14,19H,6-9,12H2,1-2H3. The highest BCUT2D eigenvalue weighted by Gasteiger charge is 2.47. The van der Waals surface area contributed by atoms with Gasteiger partial charge in [0.2, 0.25) is 0 Å². The quantitative estimate of drug-likeness (QED) is 0.598. The molecule has 11 heteroatoms. The first-order chi connectivity index (χ1) is 15.2. The lowest BCUT2D eigenvalue weighted by molar-refractivity contribution is -0.137. The van der Waals surface area contributed by atoms with Crippen LogP contribution in [-0.2, 0) is 30.6 Å². The second-order valence-corrected chi connectivity index (χ2v) is 13.5. The molecular weight excluding hydrogens is 479 g/mol. The molecule has 2 atom stereocenters. The maximum atomic E-state index is 13.5. The lowest BCUT2D eigenvalue weighted by Crippen LogP contribution is -2.42. The molecule has 2 fully saturated rings. The number of sulfone groups is 2. The highest BCUT2D eigenvalue weighted by Crippen LogP contribution is 2.47. The summed E-state index contributed by atoms with van der Waals surface area (Å²) in [4.78, 5) is 4.05. The van der Waals surface area contributed by atoms with Crippen molar-refractivity contribution in [3.8, 4) is 0 Å². The van der Waals surface area contributed by atoms with E-state index in [9.17, 15) is 30.0 Å². The Morgan fingerprint density at radius 2 is 1.79 bits per heavy atom. The highest BCUT2D eigenvalue weighted by molar-refractivity contribution is 7.92. The smallest absolute Gasteiger partial charge is 0.372 e. The van der Waals surface area contributed by atoms with E-state index in [1.807, 2.05) is 0 Å². The molecule has 0 N–H and O–H groups in total. The monoisotopic (exact) mass is 503 g/mol. The average molecular weight is 504 g/mol. The molecule has 0 bridgehead atoms. The number of aromatic nitrogens is 1. The summed E-state index contributed by atoms with van der Waals surface area (Å²) in [7, 11) is -7.61. The highest BCUT2D eigenvalue weighted by atomic mass is 32.2. The zero-order valence-corrected chi connectivity index (χ0v) is 19.7. The molecule has 33 heavy (non-hydrogen) atoms. The van der Waals surface area contributed by atoms with Crippen LogP contribution in [0, 0.1) is 0 Å². The SMILES string of the molecule is CC1(S(=O)(=O)c2cccc(C(F)(F)F)c2)CCOC(c2ncc(S(C)(=O)=O)cc2C2CC2)C1. The average Bonchev–Trinajstić information content (AvgIpc) is 3.57. The van der Waals surface area contributed by atoms with Crippen LogP contribution in [-0.4, -0.2) is 39.4 Å². The summed E-state index contributed by atoms with van der Waals surface area (Å²) in [6.07, 6.45) is -1.19. The number of nitrogens with zero attached hydrogens (tertiary/aromatic N) is 1. The first-order valence-corrected chi connectivity index (χ1v) is 13.8. The number of hydrogen-bond acceptors (Lipinski definition) is 6. The molecule has 0 amide bonds. The van der Waals surface area contributed by atoms with Crippen LogP contribution >= 0.6 is 0 Å². The van der Waals surface area contributed by atoms with Gasteiger partial charge >= 0.3 is 6.18 Å². The fourth-order valence-corrected chi connectivity index (χ4v) is 6.60.